The van der Waals surface area contributed by atoms with Crippen LogP contribution in [0.1, 0.15) is 11.1 Å². The van der Waals surface area contributed by atoms with Gasteiger partial charge < -0.3 is 14.4 Å². The Hall–Kier alpha value is -3.13. The summed E-state index contributed by atoms with van der Waals surface area (Å²) in [5.74, 6) is 1.85. The van der Waals surface area contributed by atoms with Crippen molar-refractivity contribution in [1.29, 1.82) is 0 Å². The van der Waals surface area contributed by atoms with Gasteiger partial charge in [0.25, 0.3) is 0 Å². The number of amides is 1. The molecule has 0 aliphatic heterocycles. The summed E-state index contributed by atoms with van der Waals surface area (Å²) in [5.41, 5.74) is 2.96. The third-order valence-corrected chi connectivity index (χ3v) is 4.93. The highest BCUT2D eigenvalue weighted by atomic mass is 32.1. The minimum Gasteiger partial charge on any atom is -0.493 e. The number of aryl methyl sites for hydroxylation is 1. The van der Waals surface area contributed by atoms with E-state index in [9.17, 15) is 4.79 Å². The van der Waals surface area contributed by atoms with E-state index in [2.05, 4.69) is 10.2 Å². The molecule has 0 atom stereocenters. The van der Waals surface area contributed by atoms with Crippen molar-refractivity contribution in [1.82, 2.24) is 19.7 Å². The number of hydrogen-bond donors (Lipinski definition) is 1. The molecule has 2 aromatic carbocycles. The highest BCUT2D eigenvalue weighted by Gasteiger charge is 2.16. The summed E-state index contributed by atoms with van der Waals surface area (Å²) >= 11 is 5.34. The number of rotatable bonds is 7. The SMILES string of the molecule is COc1ccc(CN(C)C(=O)Cn2c(-c3cccc(C)c3)n[nH]c2=S)cc1OC. The molecule has 1 amide bonds. The van der Waals surface area contributed by atoms with Crippen LogP contribution in [-0.2, 0) is 17.9 Å². The Morgan fingerprint density at radius 2 is 1.93 bits per heavy atom. The van der Waals surface area contributed by atoms with Gasteiger partial charge in [0.15, 0.2) is 22.1 Å². The summed E-state index contributed by atoms with van der Waals surface area (Å²) in [6, 6.07) is 13.5. The standard InChI is InChI=1S/C21H24N4O3S/c1-14-6-5-7-16(10-14)20-22-23-21(29)25(20)13-19(26)24(2)12-15-8-9-17(27-3)18(11-15)28-4/h5-11H,12-13H2,1-4H3,(H,23,29). The number of carbonyl (C=O) groups excluding carboxylic acids is 1. The van der Waals surface area contributed by atoms with Crippen LogP contribution in [0.2, 0.25) is 0 Å². The highest BCUT2D eigenvalue weighted by Crippen LogP contribution is 2.28. The first-order valence-corrected chi connectivity index (χ1v) is 9.51. The Kier molecular flexibility index (Phi) is 6.33. The molecule has 1 aromatic heterocycles. The fraction of sp³-hybridized carbons (Fsp3) is 0.286. The van der Waals surface area contributed by atoms with Crippen LogP contribution in [0.5, 0.6) is 11.5 Å². The molecule has 0 radical (unpaired) electrons. The van der Waals surface area contributed by atoms with Gasteiger partial charge >= 0.3 is 0 Å². The molecule has 0 saturated carbocycles. The summed E-state index contributed by atoms with van der Waals surface area (Å²) < 4.78 is 12.7. The van der Waals surface area contributed by atoms with E-state index in [1.165, 1.54) is 0 Å². The number of benzene rings is 2. The van der Waals surface area contributed by atoms with Gasteiger partial charge in [0, 0.05) is 19.2 Å². The van der Waals surface area contributed by atoms with E-state index in [0.717, 1.165) is 16.7 Å². The van der Waals surface area contributed by atoms with Crippen molar-refractivity contribution in [3.8, 4) is 22.9 Å². The van der Waals surface area contributed by atoms with Crippen molar-refractivity contribution < 1.29 is 14.3 Å². The molecule has 8 heteroatoms. The largest absolute Gasteiger partial charge is 0.493 e. The van der Waals surface area contributed by atoms with E-state index in [1.54, 1.807) is 30.7 Å². The highest BCUT2D eigenvalue weighted by molar-refractivity contribution is 7.71. The van der Waals surface area contributed by atoms with Crippen LogP contribution in [0, 0.1) is 11.7 Å². The van der Waals surface area contributed by atoms with E-state index in [4.69, 9.17) is 21.7 Å². The summed E-state index contributed by atoms with van der Waals surface area (Å²) in [6.07, 6.45) is 0. The Bertz CT molecular complexity index is 1070. The van der Waals surface area contributed by atoms with Crippen LogP contribution in [0.25, 0.3) is 11.4 Å². The van der Waals surface area contributed by atoms with Gasteiger partial charge in [0.05, 0.1) is 14.2 Å². The molecule has 7 nitrogen and oxygen atoms in total. The molecule has 0 aliphatic carbocycles. The molecule has 29 heavy (non-hydrogen) atoms. The third-order valence-electron chi connectivity index (χ3n) is 4.62. The molecular weight excluding hydrogens is 388 g/mol. The fourth-order valence-corrected chi connectivity index (χ4v) is 3.26. The molecule has 0 aliphatic rings. The van der Waals surface area contributed by atoms with Gasteiger partial charge in [-0.1, -0.05) is 29.8 Å². The van der Waals surface area contributed by atoms with Crippen molar-refractivity contribution in [3.63, 3.8) is 0 Å². The topological polar surface area (TPSA) is 72.4 Å². The van der Waals surface area contributed by atoms with Gasteiger partial charge in [0.2, 0.25) is 5.91 Å². The minimum atomic E-state index is -0.0776. The van der Waals surface area contributed by atoms with Crippen LogP contribution in [-0.4, -0.2) is 46.8 Å². The van der Waals surface area contributed by atoms with E-state index in [-0.39, 0.29) is 12.5 Å². The van der Waals surface area contributed by atoms with E-state index < -0.39 is 0 Å². The van der Waals surface area contributed by atoms with Crippen molar-refractivity contribution in [2.45, 2.75) is 20.0 Å². The van der Waals surface area contributed by atoms with Gasteiger partial charge in [-0.3, -0.25) is 14.5 Å². The summed E-state index contributed by atoms with van der Waals surface area (Å²) in [5, 5.41) is 7.10. The normalized spacial score (nSPS) is 10.6. The quantitative estimate of drug-likeness (QED) is 0.601. The molecule has 0 bridgehead atoms. The number of ether oxygens (including phenoxy) is 2. The number of nitrogens with zero attached hydrogens (tertiary/aromatic N) is 3. The number of carbonyl (C=O) groups is 1. The smallest absolute Gasteiger partial charge is 0.242 e. The summed E-state index contributed by atoms with van der Waals surface area (Å²) in [4.78, 5) is 14.5. The van der Waals surface area contributed by atoms with Crippen LogP contribution >= 0.6 is 12.2 Å². The van der Waals surface area contributed by atoms with Gasteiger partial charge in [-0.15, -0.1) is 0 Å². The lowest BCUT2D eigenvalue weighted by Gasteiger charge is -2.19. The van der Waals surface area contributed by atoms with Gasteiger partial charge in [-0.05, 0) is 42.9 Å². The molecule has 0 unspecified atom stereocenters. The monoisotopic (exact) mass is 412 g/mol. The number of methoxy groups -OCH3 is 2. The molecule has 1 heterocycles. The molecule has 0 fully saturated rings. The predicted molar refractivity (Wildman–Crippen MR) is 114 cm³/mol. The second kappa shape index (κ2) is 8.91. The molecule has 0 saturated heterocycles. The lowest BCUT2D eigenvalue weighted by atomic mass is 10.1. The molecular formula is C21H24N4O3S. The Morgan fingerprint density at radius 3 is 2.62 bits per heavy atom. The van der Waals surface area contributed by atoms with Crippen LogP contribution < -0.4 is 9.47 Å². The maximum atomic E-state index is 12.9. The van der Waals surface area contributed by atoms with Gasteiger partial charge in [-0.25, -0.2) is 0 Å². The maximum Gasteiger partial charge on any atom is 0.242 e. The third kappa shape index (κ3) is 4.65. The lowest BCUT2D eigenvalue weighted by Crippen LogP contribution is -2.30. The first-order valence-electron chi connectivity index (χ1n) is 9.10. The average molecular weight is 413 g/mol. The minimum absolute atomic E-state index is 0.0776. The number of hydrogen-bond acceptors (Lipinski definition) is 5. The summed E-state index contributed by atoms with van der Waals surface area (Å²) in [7, 11) is 4.94. The molecule has 3 rings (SSSR count). The van der Waals surface area contributed by atoms with E-state index in [1.807, 2.05) is 49.4 Å². The van der Waals surface area contributed by atoms with Crippen molar-refractivity contribution in [3.05, 3.63) is 58.4 Å². The Morgan fingerprint density at radius 1 is 1.17 bits per heavy atom. The predicted octanol–water partition coefficient (Wildman–Crippen LogP) is 3.59. The second-order valence-corrected chi connectivity index (χ2v) is 7.13. The van der Waals surface area contributed by atoms with Gasteiger partial charge in [0.1, 0.15) is 6.54 Å². The Balaban J connectivity index is 1.77. The van der Waals surface area contributed by atoms with Crippen LogP contribution in [0.3, 0.4) is 0 Å². The zero-order valence-electron chi connectivity index (χ0n) is 16.9. The lowest BCUT2D eigenvalue weighted by molar-refractivity contribution is -0.131. The molecule has 0 spiro atoms. The first kappa shape index (κ1) is 20.6. The fourth-order valence-electron chi connectivity index (χ4n) is 3.07. The number of aromatic amines is 1. The number of nitrogens with one attached hydrogen (secondary N) is 1. The molecule has 1 N–H and O–H groups in total. The Labute approximate surface area is 174 Å². The molecule has 3 aromatic rings. The van der Waals surface area contributed by atoms with Crippen LogP contribution in [0.15, 0.2) is 42.5 Å². The number of aromatic nitrogens is 3. The number of likely N-dealkylation sites (N-methyl/N-ethyl adjacent to an activating group) is 1. The second-order valence-electron chi connectivity index (χ2n) is 6.75. The average Bonchev–Trinajstić information content (AvgIpc) is 3.08. The van der Waals surface area contributed by atoms with Crippen molar-refractivity contribution >= 4 is 18.1 Å². The summed E-state index contributed by atoms with van der Waals surface area (Å²) in [6.45, 7) is 2.55. The van der Waals surface area contributed by atoms with E-state index in [0.29, 0.717) is 28.6 Å². The van der Waals surface area contributed by atoms with Crippen molar-refractivity contribution in [2.24, 2.45) is 0 Å². The molecule has 152 valence electrons. The van der Waals surface area contributed by atoms with Crippen molar-refractivity contribution in [2.75, 3.05) is 21.3 Å². The maximum absolute atomic E-state index is 12.9. The first-order chi connectivity index (χ1) is 13.9. The van der Waals surface area contributed by atoms with Crippen LogP contribution in [0.4, 0.5) is 0 Å². The number of H-pyrrole nitrogens is 1. The van der Waals surface area contributed by atoms with E-state index >= 15 is 0 Å². The zero-order valence-corrected chi connectivity index (χ0v) is 17.7. The zero-order chi connectivity index (χ0) is 21.0. The van der Waals surface area contributed by atoms with Gasteiger partial charge in [-0.2, -0.15) is 5.10 Å².